The Morgan fingerprint density at radius 1 is 0.659 bits per heavy atom. The van der Waals surface area contributed by atoms with Crippen LogP contribution in [0.1, 0.15) is 30.0 Å². The molecule has 4 N–H and O–H groups in total. The van der Waals surface area contributed by atoms with Crippen LogP contribution in [0, 0.1) is 5.92 Å². The Bertz CT molecular complexity index is 1650. The van der Waals surface area contributed by atoms with Crippen LogP contribution in [0.5, 0.6) is 0 Å². The highest BCUT2D eigenvalue weighted by Crippen LogP contribution is 2.26. The highest BCUT2D eigenvalue weighted by Gasteiger charge is 2.43. The fourth-order valence-electron chi connectivity index (χ4n) is 6.39. The van der Waals surface area contributed by atoms with Crippen LogP contribution in [-0.4, -0.2) is 64.2 Å². The van der Waals surface area contributed by atoms with Crippen molar-refractivity contribution in [3.05, 3.63) is 108 Å². The largest absolute Gasteiger partial charge is 0.361 e. The summed E-state index contributed by atoms with van der Waals surface area (Å²) in [7, 11) is 0. The van der Waals surface area contributed by atoms with E-state index in [-0.39, 0.29) is 37.0 Å². The van der Waals surface area contributed by atoms with Crippen molar-refractivity contribution in [1.29, 1.82) is 0 Å². The minimum Gasteiger partial charge on any atom is -0.361 e. The van der Waals surface area contributed by atoms with E-state index in [0.29, 0.717) is 13.0 Å². The van der Waals surface area contributed by atoms with Crippen molar-refractivity contribution in [3.63, 3.8) is 0 Å². The van der Waals surface area contributed by atoms with Gasteiger partial charge in [-0.15, -0.1) is 0 Å². The van der Waals surface area contributed by atoms with Crippen LogP contribution in [0.15, 0.2) is 91.1 Å². The fourth-order valence-corrected chi connectivity index (χ4v) is 6.39. The van der Waals surface area contributed by atoms with Crippen molar-refractivity contribution < 1.29 is 19.2 Å². The molecule has 6 rings (SSSR count). The number of para-hydroxylation sites is 1. The van der Waals surface area contributed by atoms with Gasteiger partial charge in [0.15, 0.2) is 0 Å². The van der Waals surface area contributed by atoms with Gasteiger partial charge in [0, 0.05) is 42.9 Å². The van der Waals surface area contributed by atoms with Crippen LogP contribution in [0.3, 0.4) is 0 Å². The molecular formula is C35H37N5O4. The average Bonchev–Trinajstić information content (AvgIpc) is 3.63. The predicted octanol–water partition coefficient (Wildman–Crippen LogP) is 2.90. The Hall–Kier alpha value is -4.92. The van der Waals surface area contributed by atoms with Crippen LogP contribution < -0.4 is 16.0 Å². The molecule has 44 heavy (non-hydrogen) atoms. The molecule has 2 saturated heterocycles. The number of hydrogen-bond donors (Lipinski definition) is 4. The molecule has 3 heterocycles. The molecule has 4 aromatic rings. The SMILES string of the molecule is C[C@@H]1C[C@@H]2C(=O)N[C@@H](Cc3ccccc3)C(=O)N[C@H](Cc3c[nH]c4ccccc34)C(=O)N[C@@H](Cc3ccccc3)C(=O)N2C1. The fraction of sp³-hybridized carbons (Fsp3) is 0.314. The smallest absolute Gasteiger partial charge is 0.246 e. The third kappa shape index (κ3) is 6.37. The van der Waals surface area contributed by atoms with E-state index in [1.165, 1.54) is 0 Å². The van der Waals surface area contributed by atoms with Gasteiger partial charge in [-0.05, 0) is 35.1 Å². The average molecular weight is 592 g/mol. The summed E-state index contributed by atoms with van der Waals surface area (Å²) in [5, 5.41) is 9.82. The maximum Gasteiger partial charge on any atom is 0.246 e. The molecule has 0 unspecified atom stereocenters. The molecule has 0 aliphatic carbocycles. The highest BCUT2D eigenvalue weighted by atomic mass is 16.2. The second-order valence-corrected chi connectivity index (χ2v) is 12.0. The van der Waals surface area contributed by atoms with Crippen LogP contribution in [0.4, 0.5) is 0 Å². The Morgan fingerprint density at radius 2 is 1.20 bits per heavy atom. The number of aromatic amines is 1. The van der Waals surface area contributed by atoms with Gasteiger partial charge >= 0.3 is 0 Å². The predicted molar refractivity (Wildman–Crippen MR) is 167 cm³/mol. The van der Waals surface area contributed by atoms with E-state index >= 15 is 0 Å². The number of amides is 4. The molecule has 2 fully saturated rings. The van der Waals surface area contributed by atoms with Gasteiger partial charge in [0.1, 0.15) is 24.2 Å². The maximum atomic E-state index is 14.2. The lowest BCUT2D eigenvalue weighted by atomic mass is 9.99. The van der Waals surface area contributed by atoms with E-state index in [1.54, 1.807) is 4.90 Å². The van der Waals surface area contributed by atoms with Gasteiger partial charge in [-0.3, -0.25) is 19.2 Å². The minimum absolute atomic E-state index is 0.0870. The van der Waals surface area contributed by atoms with Crippen molar-refractivity contribution in [1.82, 2.24) is 25.8 Å². The van der Waals surface area contributed by atoms with Crippen LogP contribution >= 0.6 is 0 Å². The zero-order chi connectivity index (χ0) is 30.6. The first-order valence-corrected chi connectivity index (χ1v) is 15.2. The minimum atomic E-state index is -0.990. The first-order chi connectivity index (χ1) is 21.4. The van der Waals surface area contributed by atoms with E-state index in [1.807, 2.05) is 98.0 Å². The summed E-state index contributed by atoms with van der Waals surface area (Å²) < 4.78 is 0. The summed E-state index contributed by atoms with van der Waals surface area (Å²) in [4.78, 5) is 60.8. The number of carbonyl (C=O) groups excluding carboxylic acids is 4. The van der Waals surface area contributed by atoms with Gasteiger partial charge in [0.05, 0.1) is 0 Å². The zero-order valence-electron chi connectivity index (χ0n) is 24.7. The molecule has 4 amide bonds. The number of hydrogen-bond acceptors (Lipinski definition) is 4. The van der Waals surface area contributed by atoms with E-state index in [9.17, 15) is 19.2 Å². The molecule has 2 aliphatic heterocycles. The summed E-state index contributed by atoms with van der Waals surface area (Å²) in [6.07, 6.45) is 3.02. The topological polar surface area (TPSA) is 123 Å². The van der Waals surface area contributed by atoms with Gasteiger partial charge < -0.3 is 25.8 Å². The second-order valence-electron chi connectivity index (χ2n) is 12.0. The standard InChI is InChI=1S/C35H37N5O4/c1-22-16-31-34(43)38-28(17-23-10-4-2-5-11-23)32(41)37-29(19-25-20-36-27-15-9-8-14-26(25)27)33(42)39-30(35(44)40(31)21-22)18-24-12-6-3-7-13-24/h2-15,20,22,28-31,36H,16-19,21H2,1H3,(H,37,41)(H,38,43)(H,39,42)/t22-,28+,29-,30+,31-/m1/s1. The van der Waals surface area contributed by atoms with E-state index in [2.05, 4.69) is 20.9 Å². The molecule has 0 saturated carbocycles. The third-order valence-electron chi connectivity index (χ3n) is 8.64. The zero-order valence-corrected chi connectivity index (χ0v) is 24.7. The molecule has 9 heteroatoms. The van der Waals surface area contributed by atoms with Crippen LogP contribution in [0.25, 0.3) is 10.9 Å². The maximum absolute atomic E-state index is 14.2. The number of benzene rings is 3. The number of nitrogens with one attached hydrogen (secondary N) is 4. The van der Waals surface area contributed by atoms with Crippen LogP contribution in [-0.2, 0) is 38.4 Å². The van der Waals surface area contributed by atoms with Crippen molar-refractivity contribution in [3.8, 4) is 0 Å². The van der Waals surface area contributed by atoms with Crippen LogP contribution in [0.2, 0.25) is 0 Å². The number of H-pyrrole nitrogens is 1. The lowest BCUT2D eigenvalue weighted by Gasteiger charge is -2.32. The molecule has 5 atom stereocenters. The molecule has 2 aliphatic rings. The van der Waals surface area contributed by atoms with Crippen molar-refractivity contribution in [2.45, 2.75) is 56.8 Å². The van der Waals surface area contributed by atoms with Crippen molar-refractivity contribution in [2.24, 2.45) is 5.92 Å². The van der Waals surface area contributed by atoms with Gasteiger partial charge in [0.25, 0.3) is 0 Å². The van der Waals surface area contributed by atoms with Crippen molar-refractivity contribution in [2.75, 3.05) is 6.54 Å². The van der Waals surface area contributed by atoms with Gasteiger partial charge in [-0.25, -0.2) is 0 Å². The van der Waals surface area contributed by atoms with E-state index in [0.717, 1.165) is 27.6 Å². The molecule has 0 spiro atoms. The molecule has 3 aromatic carbocycles. The quantitative estimate of drug-likeness (QED) is 0.275. The van der Waals surface area contributed by atoms with Gasteiger partial charge in [-0.2, -0.15) is 0 Å². The highest BCUT2D eigenvalue weighted by molar-refractivity contribution is 5.98. The number of rotatable bonds is 6. The molecule has 226 valence electrons. The number of aromatic nitrogens is 1. The summed E-state index contributed by atoms with van der Waals surface area (Å²) in [5.74, 6) is -1.48. The molecule has 9 nitrogen and oxygen atoms in total. The summed E-state index contributed by atoms with van der Waals surface area (Å²) in [6, 6.07) is 23.1. The first kappa shape index (κ1) is 29.2. The second kappa shape index (κ2) is 12.8. The third-order valence-corrected chi connectivity index (χ3v) is 8.64. The Labute approximate surface area is 256 Å². The number of carbonyl (C=O) groups is 4. The Kier molecular flexibility index (Phi) is 8.45. The first-order valence-electron chi connectivity index (χ1n) is 15.2. The molecule has 0 bridgehead atoms. The number of nitrogens with zero attached hydrogens (tertiary/aromatic N) is 1. The van der Waals surface area contributed by atoms with Gasteiger partial charge in [-0.1, -0.05) is 85.8 Å². The monoisotopic (exact) mass is 591 g/mol. The normalized spacial score (nSPS) is 24.6. The van der Waals surface area contributed by atoms with E-state index in [4.69, 9.17) is 0 Å². The number of fused-ring (bicyclic) bond motifs is 2. The molecule has 1 aromatic heterocycles. The van der Waals surface area contributed by atoms with Crippen molar-refractivity contribution >= 4 is 34.5 Å². The lowest BCUT2D eigenvalue weighted by molar-refractivity contribution is -0.143. The molecular weight excluding hydrogens is 554 g/mol. The van der Waals surface area contributed by atoms with E-state index < -0.39 is 36.0 Å². The molecule has 0 radical (unpaired) electrons. The summed E-state index contributed by atoms with van der Waals surface area (Å²) >= 11 is 0. The Morgan fingerprint density at radius 3 is 1.89 bits per heavy atom. The lowest BCUT2D eigenvalue weighted by Crippen LogP contribution is -2.62. The summed E-state index contributed by atoms with van der Waals surface area (Å²) in [5.41, 5.74) is 3.53. The van der Waals surface area contributed by atoms with Gasteiger partial charge in [0.2, 0.25) is 23.6 Å². The summed E-state index contributed by atoms with van der Waals surface area (Å²) in [6.45, 7) is 2.40. The Balaban J connectivity index is 1.37.